The van der Waals surface area contributed by atoms with Crippen LogP contribution in [0.1, 0.15) is 0 Å². The van der Waals surface area contributed by atoms with Crippen LogP contribution in [0.3, 0.4) is 0 Å². The maximum Gasteiger partial charge on any atom is 0.0542 e. The Balaban J connectivity index is 1.57. The van der Waals surface area contributed by atoms with Gasteiger partial charge in [-0.3, -0.25) is 0 Å². The van der Waals surface area contributed by atoms with Crippen molar-refractivity contribution in [1.82, 2.24) is 4.57 Å². The lowest BCUT2D eigenvalue weighted by Gasteiger charge is -2.10. The molecule has 6 aromatic rings. The average molecular weight is 384 g/mol. The Labute approximate surface area is 175 Å². The van der Waals surface area contributed by atoms with Gasteiger partial charge in [-0.1, -0.05) is 66.7 Å². The summed E-state index contributed by atoms with van der Waals surface area (Å²) < 4.78 is 2.36. The number of anilines is 2. The van der Waals surface area contributed by atoms with Gasteiger partial charge in [0.1, 0.15) is 0 Å². The lowest BCUT2D eigenvalue weighted by molar-refractivity contribution is 1.19. The van der Waals surface area contributed by atoms with Crippen LogP contribution in [0.5, 0.6) is 0 Å². The fourth-order valence-corrected chi connectivity index (χ4v) is 4.33. The average Bonchev–Trinajstić information content (AvgIpc) is 3.13. The highest BCUT2D eigenvalue weighted by Gasteiger charge is 2.13. The predicted octanol–water partition coefficient (Wildman–Crippen LogP) is 7.68. The van der Waals surface area contributed by atoms with E-state index in [9.17, 15) is 0 Å². The van der Waals surface area contributed by atoms with Crippen LogP contribution < -0.4 is 5.32 Å². The molecule has 1 heterocycles. The molecule has 0 amide bonds. The Morgan fingerprint density at radius 2 is 1.20 bits per heavy atom. The van der Waals surface area contributed by atoms with Crippen molar-refractivity contribution >= 4 is 44.0 Å². The minimum absolute atomic E-state index is 1.09. The van der Waals surface area contributed by atoms with Crippen molar-refractivity contribution in [1.29, 1.82) is 0 Å². The first kappa shape index (κ1) is 16.9. The van der Waals surface area contributed by atoms with Gasteiger partial charge in [0.15, 0.2) is 0 Å². The molecule has 0 fully saturated rings. The van der Waals surface area contributed by atoms with Gasteiger partial charge in [0.05, 0.1) is 11.0 Å². The molecular weight excluding hydrogens is 364 g/mol. The van der Waals surface area contributed by atoms with Gasteiger partial charge in [-0.25, -0.2) is 0 Å². The van der Waals surface area contributed by atoms with Crippen molar-refractivity contribution in [2.24, 2.45) is 0 Å². The molecule has 0 radical (unpaired) electrons. The SMILES string of the molecule is c1ccc(Nc2ccc3c(c2)c2ccccc2n3-c2ccc3ccccc3c2)cc1. The minimum Gasteiger partial charge on any atom is -0.356 e. The zero-order chi connectivity index (χ0) is 19.9. The monoisotopic (exact) mass is 384 g/mol. The summed E-state index contributed by atoms with van der Waals surface area (Å²) in [6.45, 7) is 0. The van der Waals surface area contributed by atoms with Crippen LogP contribution in [0.25, 0.3) is 38.3 Å². The summed E-state index contributed by atoms with van der Waals surface area (Å²) >= 11 is 0. The van der Waals surface area contributed by atoms with E-state index in [-0.39, 0.29) is 0 Å². The molecule has 0 unspecified atom stereocenters. The van der Waals surface area contributed by atoms with Gasteiger partial charge < -0.3 is 9.88 Å². The van der Waals surface area contributed by atoms with Crippen LogP contribution in [-0.4, -0.2) is 4.57 Å². The molecule has 0 aliphatic rings. The van der Waals surface area contributed by atoms with E-state index < -0.39 is 0 Å². The van der Waals surface area contributed by atoms with Crippen LogP contribution in [0.15, 0.2) is 115 Å². The Bertz CT molecular complexity index is 1510. The molecule has 30 heavy (non-hydrogen) atoms. The summed E-state index contributed by atoms with van der Waals surface area (Å²) in [5, 5.41) is 8.55. The summed E-state index contributed by atoms with van der Waals surface area (Å²) in [5.41, 5.74) is 5.80. The zero-order valence-electron chi connectivity index (χ0n) is 16.4. The smallest absolute Gasteiger partial charge is 0.0542 e. The number of nitrogens with one attached hydrogen (secondary N) is 1. The van der Waals surface area contributed by atoms with Crippen molar-refractivity contribution in [2.75, 3.05) is 5.32 Å². The van der Waals surface area contributed by atoms with Crippen LogP contribution >= 0.6 is 0 Å². The number of benzene rings is 5. The third-order valence-corrected chi connectivity index (χ3v) is 5.73. The second-order valence-corrected chi connectivity index (χ2v) is 7.61. The van der Waals surface area contributed by atoms with Gasteiger partial charge >= 0.3 is 0 Å². The van der Waals surface area contributed by atoms with Crippen LogP contribution in [0.4, 0.5) is 11.4 Å². The van der Waals surface area contributed by atoms with Crippen molar-refractivity contribution in [3.05, 3.63) is 115 Å². The van der Waals surface area contributed by atoms with E-state index >= 15 is 0 Å². The number of aromatic nitrogens is 1. The fourth-order valence-electron chi connectivity index (χ4n) is 4.33. The van der Waals surface area contributed by atoms with Crippen LogP contribution in [0.2, 0.25) is 0 Å². The quantitative estimate of drug-likeness (QED) is 0.331. The molecule has 5 aromatic carbocycles. The van der Waals surface area contributed by atoms with E-state index in [0.717, 1.165) is 11.4 Å². The van der Waals surface area contributed by atoms with Gasteiger partial charge in [-0.2, -0.15) is 0 Å². The molecule has 0 saturated carbocycles. The molecule has 2 heteroatoms. The standard InChI is InChI=1S/C28H20N2/c1-2-10-22(11-3-1)29-23-15-17-28-26(19-23)25-12-6-7-13-27(25)30(28)24-16-14-20-8-4-5-9-21(20)18-24/h1-19,29H. The predicted molar refractivity (Wildman–Crippen MR) is 128 cm³/mol. The van der Waals surface area contributed by atoms with Crippen molar-refractivity contribution < 1.29 is 0 Å². The number of fused-ring (bicyclic) bond motifs is 4. The molecule has 1 N–H and O–H groups in total. The molecule has 2 nitrogen and oxygen atoms in total. The van der Waals surface area contributed by atoms with E-state index in [0.29, 0.717) is 0 Å². The Morgan fingerprint density at radius 1 is 0.467 bits per heavy atom. The zero-order valence-corrected chi connectivity index (χ0v) is 16.4. The molecular formula is C28H20N2. The number of nitrogens with zero attached hydrogens (tertiary/aromatic N) is 1. The Morgan fingerprint density at radius 3 is 2.10 bits per heavy atom. The summed E-state index contributed by atoms with van der Waals surface area (Å²) in [6, 6.07) is 40.8. The molecule has 0 spiro atoms. The van der Waals surface area contributed by atoms with Crippen LogP contribution in [-0.2, 0) is 0 Å². The summed E-state index contributed by atoms with van der Waals surface area (Å²) in [7, 11) is 0. The third kappa shape index (κ3) is 2.73. The van der Waals surface area contributed by atoms with E-state index in [1.54, 1.807) is 0 Å². The van der Waals surface area contributed by atoms with Gasteiger partial charge in [0, 0.05) is 27.8 Å². The molecule has 6 rings (SSSR count). The number of rotatable bonds is 3. The van der Waals surface area contributed by atoms with Crippen molar-refractivity contribution in [3.63, 3.8) is 0 Å². The highest BCUT2D eigenvalue weighted by Crippen LogP contribution is 2.35. The highest BCUT2D eigenvalue weighted by molar-refractivity contribution is 6.10. The molecule has 0 atom stereocenters. The number of hydrogen-bond donors (Lipinski definition) is 1. The summed E-state index contributed by atoms with van der Waals surface area (Å²) in [6.07, 6.45) is 0. The van der Waals surface area contributed by atoms with Gasteiger partial charge in [-0.05, 0) is 59.3 Å². The molecule has 0 aliphatic heterocycles. The third-order valence-electron chi connectivity index (χ3n) is 5.73. The van der Waals surface area contributed by atoms with Crippen LogP contribution in [0, 0.1) is 0 Å². The topological polar surface area (TPSA) is 17.0 Å². The Hall–Kier alpha value is -4.04. The maximum absolute atomic E-state index is 3.52. The lowest BCUT2D eigenvalue weighted by Crippen LogP contribution is -1.94. The first-order chi connectivity index (χ1) is 14.9. The van der Waals surface area contributed by atoms with E-state index in [2.05, 4.69) is 107 Å². The van der Waals surface area contributed by atoms with Gasteiger partial charge in [0.2, 0.25) is 0 Å². The molecule has 0 bridgehead atoms. The van der Waals surface area contributed by atoms with Gasteiger partial charge in [0.25, 0.3) is 0 Å². The second kappa shape index (κ2) is 6.78. The largest absolute Gasteiger partial charge is 0.356 e. The molecule has 1 aromatic heterocycles. The maximum atomic E-state index is 3.52. The van der Waals surface area contributed by atoms with Crippen molar-refractivity contribution in [3.8, 4) is 5.69 Å². The van der Waals surface area contributed by atoms with Crippen molar-refractivity contribution in [2.45, 2.75) is 0 Å². The first-order valence-electron chi connectivity index (χ1n) is 10.2. The second-order valence-electron chi connectivity index (χ2n) is 7.61. The van der Waals surface area contributed by atoms with E-state index in [1.165, 1.54) is 38.3 Å². The lowest BCUT2D eigenvalue weighted by atomic mass is 10.1. The fraction of sp³-hybridized carbons (Fsp3) is 0. The normalized spacial score (nSPS) is 11.3. The molecule has 0 saturated heterocycles. The first-order valence-corrected chi connectivity index (χ1v) is 10.2. The number of hydrogen-bond acceptors (Lipinski definition) is 1. The Kier molecular flexibility index (Phi) is 3.82. The molecule has 142 valence electrons. The summed E-state index contributed by atoms with van der Waals surface area (Å²) in [4.78, 5) is 0. The van der Waals surface area contributed by atoms with Gasteiger partial charge in [-0.15, -0.1) is 0 Å². The summed E-state index contributed by atoms with van der Waals surface area (Å²) in [5.74, 6) is 0. The van der Waals surface area contributed by atoms with E-state index in [4.69, 9.17) is 0 Å². The number of para-hydroxylation sites is 2. The molecule has 0 aliphatic carbocycles. The van der Waals surface area contributed by atoms with E-state index in [1.807, 2.05) is 18.2 Å². The minimum atomic E-state index is 1.09. The highest BCUT2D eigenvalue weighted by atomic mass is 15.0.